The fourth-order valence-electron chi connectivity index (χ4n) is 2.62. The van der Waals surface area contributed by atoms with Gasteiger partial charge in [0, 0.05) is 23.4 Å². The molecule has 0 aliphatic heterocycles. The number of rotatable bonds is 7. The van der Waals surface area contributed by atoms with Crippen molar-refractivity contribution in [2.75, 3.05) is 20.7 Å². The van der Waals surface area contributed by atoms with Gasteiger partial charge < -0.3 is 10.1 Å². The Morgan fingerprint density at radius 3 is 2.71 bits per heavy atom. The summed E-state index contributed by atoms with van der Waals surface area (Å²) < 4.78 is 33.5. The van der Waals surface area contributed by atoms with Crippen molar-refractivity contribution in [3.8, 4) is 0 Å². The standard InChI is InChI=1S/C14H24N2O3S2/c1-14(2)11(9-12(14)19-4)16-21(17,18)13-6-5-10(20-13)7-8-15-3/h5-6,11-12,15-16H,7-9H2,1-4H3. The second-order valence-electron chi connectivity index (χ2n) is 6.03. The quantitative estimate of drug-likeness (QED) is 0.796. The molecule has 1 fully saturated rings. The van der Waals surface area contributed by atoms with E-state index < -0.39 is 10.0 Å². The first kappa shape index (κ1) is 16.9. The van der Waals surface area contributed by atoms with E-state index in [0.717, 1.165) is 24.3 Å². The van der Waals surface area contributed by atoms with Crippen LogP contribution in [0.2, 0.25) is 0 Å². The molecule has 0 bridgehead atoms. The molecule has 2 atom stereocenters. The van der Waals surface area contributed by atoms with Crippen LogP contribution in [0.1, 0.15) is 25.1 Å². The van der Waals surface area contributed by atoms with Gasteiger partial charge in [-0.2, -0.15) is 0 Å². The van der Waals surface area contributed by atoms with Crippen LogP contribution in [0.3, 0.4) is 0 Å². The summed E-state index contributed by atoms with van der Waals surface area (Å²) in [6.45, 7) is 4.91. The lowest BCUT2D eigenvalue weighted by Crippen LogP contribution is -2.61. The Labute approximate surface area is 131 Å². The molecule has 120 valence electrons. The molecule has 0 aromatic carbocycles. The molecule has 2 N–H and O–H groups in total. The van der Waals surface area contributed by atoms with Crippen LogP contribution in [0.4, 0.5) is 0 Å². The molecule has 5 nitrogen and oxygen atoms in total. The average molecular weight is 332 g/mol. The fourth-order valence-corrected chi connectivity index (χ4v) is 5.39. The van der Waals surface area contributed by atoms with E-state index in [9.17, 15) is 8.42 Å². The third kappa shape index (κ3) is 3.48. The lowest BCUT2D eigenvalue weighted by molar-refractivity contribution is -0.0908. The van der Waals surface area contributed by atoms with Gasteiger partial charge in [0.05, 0.1) is 6.10 Å². The smallest absolute Gasteiger partial charge is 0.250 e. The van der Waals surface area contributed by atoms with E-state index in [1.165, 1.54) is 11.3 Å². The average Bonchev–Trinajstić information content (AvgIpc) is 2.90. The van der Waals surface area contributed by atoms with Crippen LogP contribution in [0.25, 0.3) is 0 Å². The Bertz CT molecular complexity index is 581. The SMILES string of the molecule is CNCCc1ccc(S(=O)(=O)NC2CC(OC)C2(C)C)s1. The molecule has 1 saturated carbocycles. The first-order chi connectivity index (χ1) is 9.81. The summed E-state index contributed by atoms with van der Waals surface area (Å²) in [4.78, 5) is 1.08. The predicted octanol–water partition coefficient (Wildman–Crippen LogP) is 1.60. The third-order valence-electron chi connectivity index (χ3n) is 4.28. The Morgan fingerprint density at radius 2 is 2.14 bits per heavy atom. The van der Waals surface area contributed by atoms with Crippen LogP contribution in [-0.2, 0) is 21.2 Å². The zero-order valence-electron chi connectivity index (χ0n) is 13.0. The fraction of sp³-hybridized carbons (Fsp3) is 0.714. The summed E-state index contributed by atoms with van der Waals surface area (Å²) in [5.41, 5.74) is -0.173. The van der Waals surface area contributed by atoms with E-state index in [0.29, 0.717) is 4.21 Å². The van der Waals surface area contributed by atoms with Crippen LogP contribution >= 0.6 is 11.3 Å². The topological polar surface area (TPSA) is 67.4 Å². The minimum Gasteiger partial charge on any atom is -0.381 e. The van der Waals surface area contributed by atoms with Gasteiger partial charge in [-0.1, -0.05) is 13.8 Å². The molecular formula is C14H24N2O3S2. The number of nitrogens with one attached hydrogen (secondary N) is 2. The van der Waals surface area contributed by atoms with E-state index in [1.54, 1.807) is 13.2 Å². The van der Waals surface area contributed by atoms with Crippen molar-refractivity contribution in [3.63, 3.8) is 0 Å². The lowest BCUT2D eigenvalue weighted by atomic mass is 9.65. The minimum atomic E-state index is -3.43. The maximum atomic E-state index is 12.4. The van der Waals surface area contributed by atoms with Crippen LogP contribution in [0.15, 0.2) is 16.3 Å². The highest BCUT2D eigenvalue weighted by molar-refractivity contribution is 7.91. The van der Waals surface area contributed by atoms with Crippen molar-refractivity contribution in [1.29, 1.82) is 0 Å². The first-order valence-corrected chi connectivity index (χ1v) is 9.39. The molecule has 7 heteroatoms. The van der Waals surface area contributed by atoms with E-state index >= 15 is 0 Å². The van der Waals surface area contributed by atoms with Gasteiger partial charge in [0.1, 0.15) is 4.21 Å². The summed E-state index contributed by atoms with van der Waals surface area (Å²) in [6, 6.07) is 3.51. The normalized spacial score (nSPS) is 24.8. The molecule has 1 heterocycles. The van der Waals surface area contributed by atoms with Crippen molar-refractivity contribution in [1.82, 2.24) is 10.0 Å². The van der Waals surface area contributed by atoms with Crippen molar-refractivity contribution < 1.29 is 13.2 Å². The molecule has 0 saturated heterocycles. The van der Waals surface area contributed by atoms with Gasteiger partial charge >= 0.3 is 0 Å². The number of sulfonamides is 1. The largest absolute Gasteiger partial charge is 0.381 e. The van der Waals surface area contributed by atoms with Gasteiger partial charge in [-0.05, 0) is 38.6 Å². The number of hydrogen-bond donors (Lipinski definition) is 2. The third-order valence-corrected chi connectivity index (χ3v) is 7.39. The van der Waals surface area contributed by atoms with Crippen molar-refractivity contribution in [2.24, 2.45) is 5.41 Å². The summed E-state index contributed by atoms with van der Waals surface area (Å²) >= 11 is 1.34. The maximum absolute atomic E-state index is 12.4. The highest BCUT2D eigenvalue weighted by Gasteiger charge is 2.50. The molecule has 21 heavy (non-hydrogen) atoms. The van der Waals surface area contributed by atoms with Crippen molar-refractivity contribution in [3.05, 3.63) is 17.0 Å². The van der Waals surface area contributed by atoms with Gasteiger partial charge in [-0.15, -0.1) is 11.3 Å². The number of ether oxygens (including phenoxy) is 1. The second kappa shape index (κ2) is 6.34. The number of hydrogen-bond acceptors (Lipinski definition) is 5. The predicted molar refractivity (Wildman–Crippen MR) is 85.3 cm³/mol. The zero-order valence-corrected chi connectivity index (χ0v) is 14.6. The van der Waals surface area contributed by atoms with Gasteiger partial charge in [-0.25, -0.2) is 13.1 Å². The Kier molecular flexibility index (Phi) is 5.10. The molecular weight excluding hydrogens is 308 g/mol. The number of methoxy groups -OCH3 is 1. The summed E-state index contributed by atoms with van der Waals surface area (Å²) in [5.74, 6) is 0. The van der Waals surface area contributed by atoms with Crippen LogP contribution in [0, 0.1) is 5.41 Å². The van der Waals surface area contributed by atoms with E-state index in [-0.39, 0.29) is 17.6 Å². The first-order valence-electron chi connectivity index (χ1n) is 7.09. The highest BCUT2D eigenvalue weighted by atomic mass is 32.2. The van der Waals surface area contributed by atoms with Gasteiger partial charge in [0.15, 0.2) is 0 Å². The summed E-state index contributed by atoms with van der Waals surface area (Å²) in [5, 5.41) is 3.06. The van der Waals surface area contributed by atoms with Crippen LogP contribution < -0.4 is 10.0 Å². The molecule has 0 spiro atoms. The molecule has 2 rings (SSSR count). The van der Waals surface area contributed by atoms with Crippen molar-refractivity contribution >= 4 is 21.4 Å². The Balaban J connectivity index is 2.04. The number of thiophene rings is 1. The Hall–Kier alpha value is -0.470. The molecule has 0 amide bonds. The molecule has 0 radical (unpaired) electrons. The Morgan fingerprint density at radius 1 is 1.43 bits per heavy atom. The monoisotopic (exact) mass is 332 g/mol. The van der Waals surface area contributed by atoms with E-state index in [2.05, 4.69) is 10.0 Å². The molecule has 2 unspecified atom stereocenters. The maximum Gasteiger partial charge on any atom is 0.250 e. The van der Waals surface area contributed by atoms with Gasteiger partial charge in [-0.3, -0.25) is 0 Å². The lowest BCUT2D eigenvalue weighted by Gasteiger charge is -2.50. The second-order valence-corrected chi connectivity index (χ2v) is 9.14. The van der Waals surface area contributed by atoms with E-state index in [1.807, 2.05) is 27.0 Å². The summed E-state index contributed by atoms with van der Waals surface area (Å²) in [7, 11) is 0.123. The van der Waals surface area contributed by atoms with Gasteiger partial charge in [0.2, 0.25) is 10.0 Å². The zero-order chi connectivity index (χ0) is 15.7. The summed E-state index contributed by atoms with van der Waals surface area (Å²) in [6.07, 6.45) is 1.68. The minimum absolute atomic E-state index is 0.0738. The van der Waals surface area contributed by atoms with Crippen molar-refractivity contribution in [2.45, 2.75) is 43.0 Å². The molecule has 1 aliphatic carbocycles. The molecule has 1 aliphatic rings. The van der Waals surface area contributed by atoms with E-state index in [4.69, 9.17) is 4.74 Å². The van der Waals surface area contributed by atoms with Crippen LogP contribution in [-0.4, -0.2) is 41.3 Å². The van der Waals surface area contributed by atoms with Crippen LogP contribution in [0.5, 0.6) is 0 Å². The van der Waals surface area contributed by atoms with Gasteiger partial charge in [0.25, 0.3) is 0 Å². The molecule has 1 aromatic heterocycles. The number of likely N-dealkylation sites (N-methyl/N-ethyl adjacent to an activating group) is 1. The highest BCUT2D eigenvalue weighted by Crippen LogP contribution is 2.43. The molecule has 1 aromatic rings.